The number of methoxy groups -OCH3 is 1. The van der Waals surface area contributed by atoms with Crippen LogP contribution in [0, 0.1) is 0 Å². The molecule has 1 saturated heterocycles. The second kappa shape index (κ2) is 6.00. The standard InChI is InChI=1S/C13H20N2O3S/c1-18-7-8-19(16,17)15-9-12(13(14)10-15)11-5-3-2-4-6-11/h2-6,12-13H,7-10,14H2,1H3/t12-,13+/m0/s1. The van der Waals surface area contributed by atoms with Crippen molar-refractivity contribution in [1.82, 2.24) is 4.31 Å². The summed E-state index contributed by atoms with van der Waals surface area (Å²) in [5, 5.41) is 0. The number of hydrogen-bond donors (Lipinski definition) is 1. The zero-order chi connectivity index (χ0) is 13.9. The molecule has 2 rings (SSSR count). The Balaban J connectivity index is 2.09. The molecule has 1 aromatic rings. The Morgan fingerprint density at radius 3 is 2.63 bits per heavy atom. The SMILES string of the molecule is COCCS(=O)(=O)N1C[C@@H](N)[C@H](c2ccccc2)C1. The molecule has 0 aliphatic carbocycles. The van der Waals surface area contributed by atoms with Gasteiger partial charge in [0.05, 0.1) is 12.4 Å². The molecule has 0 amide bonds. The van der Waals surface area contributed by atoms with Gasteiger partial charge in [-0.25, -0.2) is 8.42 Å². The van der Waals surface area contributed by atoms with E-state index < -0.39 is 10.0 Å². The van der Waals surface area contributed by atoms with Crippen LogP contribution in [0.1, 0.15) is 11.5 Å². The predicted molar refractivity (Wildman–Crippen MR) is 74.4 cm³/mol. The highest BCUT2D eigenvalue weighted by atomic mass is 32.2. The normalized spacial score (nSPS) is 24.7. The Labute approximate surface area is 114 Å². The summed E-state index contributed by atoms with van der Waals surface area (Å²) in [6.45, 7) is 1.05. The first-order valence-corrected chi connectivity index (χ1v) is 7.93. The number of hydrogen-bond acceptors (Lipinski definition) is 4. The molecule has 2 N–H and O–H groups in total. The summed E-state index contributed by atoms with van der Waals surface area (Å²) in [5.41, 5.74) is 7.19. The maximum Gasteiger partial charge on any atom is 0.216 e. The van der Waals surface area contributed by atoms with Gasteiger partial charge in [-0.3, -0.25) is 0 Å². The molecule has 0 spiro atoms. The summed E-state index contributed by atoms with van der Waals surface area (Å²) in [6.07, 6.45) is 0. The van der Waals surface area contributed by atoms with Crippen LogP contribution in [0.2, 0.25) is 0 Å². The molecule has 6 heteroatoms. The summed E-state index contributed by atoms with van der Waals surface area (Å²) in [5.74, 6) is 0.0797. The lowest BCUT2D eigenvalue weighted by Gasteiger charge is -2.16. The third-order valence-corrected chi connectivity index (χ3v) is 5.27. The van der Waals surface area contributed by atoms with E-state index in [2.05, 4.69) is 0 Å². The summed E-state index contributed by atoms with van der Waals surface area (Å²) < 4.78 is 30.5. The van der Waals surface area contributed by atoms with Gasteiger partial charge in [-0.2, -0.15) is 4.31 Å². The second-order valence-corrected chi connectivity index (χ2v) is 6.90. The fourth-order valence-electron chi connectivity index (χ4n) is 2.39. The van der Waals surface area contributed by atoms with Crippen LogP contribution in [0.25, 0.3) is 0 Å². The smallest absolute Gasteiger partial charge is 0.216 e. The van der Waals surface area contributed by atoms with Gasteiger partial charge in [0, 0.05) is 32.2 Å². The Hall–Kier alpha value is -0.950. The van der Waals surface area contributed by atoms with Gasteiger partial charge in [-0.15, -0.1) is 0 Å². The van der Waals surface area contributed by atoms with Crippen molar-refractivity contribution in [3.05, 3.63) is 35.9 Å². The van der Waals surface area contributed by atoms with Gasteiger partial charge in [0.15, 0.2) is 0 Å². The van der Waals surface area contributed by atoms with Gasteiger partial charge in [0.1, 0.15) is 0 Å². The van der Waals surface area contributed by atoms with Crippen molar-refractivity contribution in [2.24, 2.45) is 5.73 Å². The number of benzene rings is 1. The van der Waals surface area contributed by atoms with Crippen LogP contribution in [0.5, 0.6) is 0 Å². The van der Waals surface area contributed by atoms with Crippen LogP contribution in [0.15, 0.2) is 30.3 Å². The number of ether oxygens (including phenoxy) is 1. The van der Waals surface area contributed by atoms with Crippen LogP contribution >= 0.6 is 0 Å². The van der Waals surface area contributed by atoms with E-state index in [9.17, 15) is 8.42 Å². The summed E-state index contributed by atoms with van der Waals surface area (Å²) in [7, 11) is -1.77. The lowest BCUT2D eigenvalue weighted by atomic mass is 9.95. The predicted octanol–water partition coefficient (Wildman–Crippen LogP) is 0.389. The maximum absolute atomic E-state index is 12.1. The highest BCUT2D eigenvalue weighted by Gasteiger charge is 2.37. The molecule has 106 valence electrons. The van der Waals surface area contributed by atoms with Crippen molar-refractivity contribution < 1.29 is 13.2 Å². The van der Waals surface area contributed by atoms with Crippen molar-refractivity contribution in [3.63, 3.8) is 0 Å². The first-order chi connectivity index (χ1) is 9.04. The van der Waals surface area contributed by atoms with Crippen molar-refractivity contribution in [2.45, 2.75) is 12.0 Å². The minimum atomic E-state index is -3.27. The lowest BCUT2D eigenvalue weighted by molar-refractivity contribution is 0.215. The maximum atomic E-state index is 12.1. The zero-order valence-corrected chi connectivity index (χ0v) is 11.8. The molecule has 5 nitrogen and oxygen atoms in total. The van der Waals surface area contributed by atoms with Gasteiger partial charge in [0.25, 0.3) is 0 Å². The van der Waals surface area contributed by atoms with Gasteiger partial charge in [0.2, 0.25) is 10.0 Å². The Kier molecular flexibility index (Phi) is 4.57. The van der Waals surface area contributed by atoms with Gasteiger partial charge in [-0.1, -0.05) is 30.3 Å². The second-order valence-electron chi connectivity index (χ2n) is 4.81. The molecule has 2 atom stereocenters. The molecule has 0 aromatic heterocycles. The average Bonchev–Trinajstić information content (AvgIpc) is 2.80. The molecule has 19 heavy (non-hydrogen) atoms. The van der Waals surface area contributed by atoms with E-state index in [1.807, 2.05) is 30.3 Å². The van der Waals surface area contributed by atoms with E-state index in [0.717, 1.165) is 5.56 Å². The van der Waals surface area contributed by atoms with E-state index in [-0.39, 0.29) is 24.3 Å². The van der Waals surface area contributed by atoms with Crippen LogP contribution in [-0.4, -0.2) is 51.3 Å². The first kappa shape index (κ1) is 14.5. The van der Waals surface area contributed by atoms with Gasteiger partial charge < -0.3 is 10.5 Å². The Morgan fingerprint density at radius 1 is 1.32 bits per heavy atom. The summed E-state index contributed by atoms with van der Waals surface area (Å²) >= 11 is 0. The largest absolute Gasteiger partial charge is 0.384 e. The molecule has 1 aliphatic rings. The third kappa shape index (κ3) is 3.33. The molecule has 0 unspecified atom stereocenters. The third-order valence-electron chi connectivity index (χ3n) is 3.50. The molecule has 0 radical (unpaired) electrons. The number of nitrogens with zero attached hydrogens (tertiary/aromatic N) is 1. The summed E-state index contributed by atoms with van der Waals surface area (Å²) in [6, 6.07) is 9.68. The molecular formula is C13H20N2O3S. The van der Waals surface area contributed by atoms with Crippen LogP contribution in [0.4, 0.5) is 0 Å². The first-order valence-electron chi connectivity index (χ1n) is 6.32. The van der Waals surface area contributed by atoms with E-state index in [1.54, 1.807) is 0 Å². The van der Waals surface area contributed by atoms with Crippen molar-refractivity contribution in [3.8, 4) is 0 Å². The topological polar surface area (TPSA) is 72.6 Å². The molecule has 0 saturated carbocycles. The van der Waals surface area contributed by atoms with Gasteiger partial charge >= 0.3 is 0 Å². The average molecular weight is 284 g/mol. The molecule has 1 heterocycles. The molecule has 1 fully saturated rings. The lowest BCUT2D eigenvalue weighted by Crippen LogP contribution is -2.34. The number of rotatable bonds is 5. The molecule has 0 bridgehead atoms. The highest BCUT2D eigenvalue weighted by molar-refractivity contribution is 7.89. The minimum absolute atomic E-state index is 0.0116. The number of sulfonamides is 1. The van der Waals surface area contributed by atoms with E-state index in [1.165, 1.54) is 11.4 Å². The monoisotopic (exact) mass is 284 g/mol. The fourth-order valence-corrected chi connectivity index (χ4v) is 3.81. The van der Waals surface area contributed by atoms with Crippen molar-refractivity contribution >= 4 is 10.0 Å². The molecular weight excluding hydrogens is 264 g/mol. The quantitative estimate of drug-likeness (QED) is 0.849. The van der Waals surface area contributed by atoms with Crippen molar-refractivity contribution in [1.29, 1.82) is 0 Å². The fraction of sp³-hybridized carbons (Fsp3) is 0.538. The summed E-state index contributed by atoms with van der Waals surface area (Å²) in [4.78, 5) is 0. The van der Waals surface area contributed by atoms with Gasteiger partial charge in [-0.05, 0) is 5.56 Å². The van der Waals surface area contributed by atoms with Crippen molar-refractivity contribution in [2.75, 3.05) is 32.6 Å². The van der Waals surface area contributed by atoms with E-state index in [4.69, 9.17) is 10.5 Å². The van der Waals surface area contributed by atoms with E-state index >= 15 is 0 Å². The van der Waals surface area contributed by atoms with Crippen LogP contribution in [0.3, 0.4) is 0 Å². The molecule has 1 aliphatic heterocycles. The Bertz CT molecular complexity index is 504. The Morgan fingerprint density at radius 2 is 2.00 bits per heavy atom. The van der Waals surface area contributed by atoms with Crippen LogP contribution < -0.4 is 5.73 Å². The van der Waals surface area contributed by atoms with E-state index in [0.29, 0.717) is 13.1 Å². The zero-order valence-electron chi connectivity index (χ0n) is 11.0. The highest BCUT2D eigenvalue weighted by Crippen LogP contribution is 2.28. The minimum Gasteiger partial charge on any atom is -0.384 e. The number of nitrogens with two attached hydrogens (primary N) is 1. The molecule has 1 aromatic carbocycles. The van der Waals surface area contributed by atoms with Crippen LogP contribution in [-0.2, 0) is 14.8 Å².